The second kappa shape index (κ2) is 6.26. The predicted octanol–water partition coefficient (Wildman–Crippen LogP) is 1.55. The molecule has 4 nitrogen and oxygen atoms in total. The van der Waals surface area contributed by atoms with Crippen LogP contribution in [0, 0.1) is 11.8 Å². The van der Waals surface area contributed by atoms with E-state index in [-0.39, 0.29) is 18.7 Å². The van der Waals surface area contributed by atoms with Crippen molar-refractivity contribution in [1.29, 1.82) is 0 Å². The molecule has 3 N–H and O–H groups in total. The van der Waals surface area contributed by atoms with Crippen molar-refractivity contribution in [2.24, 2.45) is 0 Å². The average molecular weight is 258 g/mol. The summed E-state index contributed by atoms with van der Waals surface area (Å²) in [5.41, 5.74) is 1.83. The Morgan fingerprint density at radius 2 is 2.32 bits per heavy atom. The number of aliphatic hydroxyl groups excluding tert-OH is 1. The summed E-state index contributed by atoms with van der Waals surface area (Å²) < 4.78 is 0. The largest absolute Gasteiger partial charge is 0.384 e. The summed E-state index contributed by atoms with van der Waals surface area (Å²) in [6.07, 6.45) is 2.15. The smallest absolute Gasteiger partial charge is 0.315 e. The van der Waals surface area contributed by atoms with Gasteiger partial charge >= 0.3 is 6.03 Å². The zero-order valence-electron chi connectivity index (χ0n) is 10.9. The first-order chi connectivity index (χ1) is 9.19. The van der Waals surface area contributed by atoms with Gasteiger partial charge in [-0.15, -0.1) is 0 Å². The lowest BCUT2D eigenvalue weighted by atomic mass is 10.1. The molecule has 1 atom stereocenters. The first-order valence-electron chi connectivity index (χ1n) is 6.46. The van der Waals surface area contributed by atoms with Gasteiger partial charge in [0.1, 0.15) is 6.61 Å². The molecule has 0 heterocycles. The normalized spacial score (nSPS) is 15.1. The fourth-order valence-corrected chi connectivity index (χ4v) is 1.76. The number of benzene rings is 1. The Hall–Kier alpha value is -1.99. The molecule has 2 amide bonds. The predicted molar refractivity (Wildman–Crippen MR) is 73.5 cm³/mol. The van der Waals surface area contributed by atoms with Gasteiger partial charge in [0.05, 0.1) is 6.04 Å². The number of rotatable bonds is 3. The molecule has 19 heavy (non-hydrogen) atoms. The summed E-state index contributed by atoms with van der Waals surface area (Å²) in [6.45, 7) is 1.78. The Morgan fingerprint density at radius 1 is 1.53 bits per heavy atom. The maximum atomic E-state index is 11.7. The number of hydrogen-bond donors (Lipinski definition) is 3. The lowest BCUT2D eigenvalue weighted by Crippen LogP contribution is -2.38. The van der Waals surface area contributed by atoms with Gasteiger partial charge in [-0.25, -0.2) is 4.79 Å². The number of nitrogens with one attached hydrogen (secondary N) is 2. The van der Waals surface area contributed by atoms with Crippen LogP contribution in [0.4, 0.5) is 4.79 Å². The third kappa shape index (κ3) is 4.31. The second-order valence-electron chi connectivity index (χ2n) is 4.70. The molecule has 0 bridgehead atoms. The Kier molecular flexibility index (Phi) is 4.43. The molecule has 100 valence electrons. The minimum absolute atomic E-state index is 0.0744. The van der Waals surface area contributed by atoms with Gasteiger partial charge in [-0.1, -0.05) is 24.0 Å². The lowest BCUT2D eigenvalue weighted by molar-refractivity contribution is 0.237. The van der Waals surface area contributed by atoms with E-state index in [4.69, 9.17) is 5.11 Å². The molecule has 1 unspecified atom stereocenters. The first-order valence-corrected chi connectivity index (χ1v) is 6.46. The third-order valence-corrected chi connectivity index (χ3v) is 2.96. The van der Waals surface area contributed by atoms with Crippen molar-refractivity contribution in [3.63, 3.8) is 0 Å². The Bertz CT molecular complexity index is 512. The molecule has 1 aromatic rings. The van der Waals surface area contributed by atoms with Gasteiger partial charge in [-0.05, 0) is 37.5 Å². The number of aliphatic hydroxyl groups is 1. The Labute approximate surface area is 113 Å². The van der Waals surface area contributed by atoms with Crippen molar-refractivity contribution in [1.82, 2.24) is 10.6 Å². The highest BCUT2D eigenvalue weighted by molar-refractivity contribution is 5.75. The monoisotopic (exact) mass is 258 g/mol. The van der Waals surface area contributed by atoms with Gasteiger partial charge in [0, 0.05) is 11.6 Å². The topological polar surface area (TPSA) is 61.4 Å². The van der Waals surface area contributed by atoms with Crippen molar-refractivity contribution in [2.75, 3.05) is 6.61 Å². The standard InChI is InChI=1S/C15H18N2O2/c1-11(16-15(19)17-14-7-8-14)13-6-2-4-12(10-13)5-3-9-18/h2,4,6,10-11,14,18H,7-9H2,1H3,(H2,16,17,19). The number of amides is 2. The van der Waals surface area contributed by atoms with E-state index in [1.165, 1.54) is 0 Å². The van der Waals surface area contributed by atoms with Crippen LogP contribution < -0.4 is 10.6 Å². The molecule has 0 aromatic heterocycles. The molecular weight excluding hydrogens is 240 g/mol. The Balaban J connectivity index is 1.97. The van der Waals surface area contributed by atoms with E-state index in [1.807, 2.05) is 31.2 Å². The molecule has 0 aliphatic heterocycles. The second-order valence-corrected chi connectivity index (χ2v) is 4.70. The van der Waals surface area contributed by atoms with Crippen LogP contribution in [0.2, 0.25) is 0 Å². The van der Waals surface area contributed by atoms with Crippen molar-refractivity contribution in [3.8, 4) is 11.8 Å². The van der Waals surface area contributed by atoms with Crippen LogP contribution in [0.1, 0.15) is 36.9 Å². The average Bonchev–Trinajstić information content (AvgIpc) is 3.20. The van der Waals surface area contributed by atoms with Crippen molar-refractivity contribution >= 4 is 6.03 Å². The summed E-state index contributed by atoms with van der Waals surface area (Å²) in [5.74, 6) is 5.47. The van der Waals surface area contributed by atoms with Crippen LogP contribution in [0.25, 0.3) is 0 Å². The maximum absolute atomic E-state index is 11.7. The summed E-state index contributed by atoms with van der Waals surface area (Å²) in [7, 11) is 0. The molecule has 1 aliphatic carbocycles. The molecule has 1 saturated carbocycles. The fraction of sp³-hybridized carbons (Fsp3) is 0.400. The van der Waals surface area contributed by atoms with Gasteiger partial charge in [-0.3, -0.25) is 0 Å². The summed E-state index contributed by atoms with van der Waals surface area (Å²) in [6, 6.07) is 7.80. The van der Waals surface area contributed by atoms with Crippen LogP contribution in [0.15, 0.2) is 24.3 Å². The van der Waals surface area contributed by atoms with Crippen LogP contribution in [0.3, 0.4) is 0 Å². The number of carbonyl (C=O) groups excluding carboxylic acids is 1. The van der Waals surface area contributed by atoms with E-state index >= 15 is 0 Å². The minimum atomic E-state index is -0.151. The van der Waals surface area contributed by atoms with Crippen molar-refractivity contribution in [2.45, 2.75) is 31.8 Å². The van der Waals surface area contributed by atoms with Gasteiger partial charge in [0.2, 0.25) is 0 Å². The highest BCUT2D eigenvalue weighted by Gasteiger charge is 2.23. The van der Waals surface area contributed by atoms with Crippen LogP contribution in [0.5, 0.6) is 0 Å². The van der Waals surface area contributed by atoms with E-state index < -0.39 is 0 Å². The van der Waals surface area contributed by atoms with Gasteiger partial charge < -0.3 is 15.7 Å². The molecule has 1 aromatic carbocycles. The highest BCUT2D eigenvalue weighted by Crippen LogP contribution is 2.19. The SMILES string of the molecule is CC(NC(=O)NC1CC1)c1cccc(C#CCO)c1. The first kappa shape index (κ1) is 13.4. The van der Waals surface area contributed by atoms with Crippen LogP contribution >= 0.6 is 0 Å². The zero-order valence-corrected chi connectivity index (χ0v) is 10.9. The van der Waals surface area contributed by atoms with E-state index in [1.54, 1.807) is 0 Å². The van der Waals surface area contributed by atoms with Crippen molar-refractivity contribution in [3.05, 3.63) is 35.4 Å². The van der Waals surface area contributed by atoms with E-state index in [0.717, 1.165) is 24.0 Å². The molecular formula is C15H18N2O2. The molecule has 0 radical (unpaired) electrons. The zero-order chi connectivity index (χ0) is 13.7. The molecule has 0 saturated heterocycles. The Morgan fingerprint density at radius 3 is 3.00 bits per heavy atom. The number of hydrogen-bond acceptors (Lipinski definition) is 2. The quantitative estimate of drug-likeness (QED) is 0.720. The van der Waals surface area contributed by atoms with Crippen LogP contribution in [-0.2, 0) is 0 Å². The molecule has 4 heteroatoms. The summed E-state index contributed by atoms with van der Waals surface area (Å²) in [4.78, 5) is 11.7. The summed E-state index contributed by atoms with van der Waals surface area (Å²) in [5, 5.41) is 14.5. The highest BCUT2D eigenvalue weighted by atomic mass is 16.2. The molecule has 1 fully saturated rings. The fourth-order valence-electron chi connectivity index (χ4n) is 1.76. The number of carbonyl (C=O) groups is 1. The molecule has 0 spiro atoms. The molecule has 2 rings (SSSR count). The van der Waals surface area contributed by atoms with E-state index in [2.05, 4.69) is 22.5 Å². The van der Waals surface area contributed by atoms with Gasteiger partial charge in [0.15, 0.2) is 0 Å². The van der Waals surface area contributed by atoms with E-state index in [0.29, 0.717) is 6.04 Å². The van der Waals surface area contributed by atoms with Crippen molar-refractivity contribution < 1.29 is 9.90 Å². The molecule has 1 aliphatic rings. The number of urea groups is 1. The summed E-state index contributed by atoms with van der Waals surface area (Å²) >= 11 is 0. The lowest BCUT2D eigenvalue weighted by Gasteiger charge is -2.15. The van der Waals surface area contributed by atoms with Gasteiger partial charge in [0.25, 0.3) is 0 Å². The third-order valence-electron chi connectivity index (χ3n) is 2.96. The van der Waals surface area contributed by atoms with Crippen LogP contribution in [-0.4, -0.2) is 23.8 Å². The minimum Gasteiger partial charge on any atom is -0.384 e. The van der Waals surface area contributed by atoms with Gasteiger partial charge in [-0.2, -0.15) is 0 Å². The van der Waals surface area contributed by atoms with E-state index in [9.17, 15) is 4.79 Å². The maximum Gasteiger partial charge on any atom is 0.315 e.